The van der Waals surface area contributed by atoms with Gasteiger partial charge in [-0.2, -0.15) is 10.1 Å². The number of H-pyrrole nitrogens is 1. The fraction of sp³-hybridized carbons (Fsp3) is 0.455. The number of ether oxygens (including phenoxy) is 2. The van der Waals surface area contributed by atoms with E-state index >= 15 is 0 Å². The van der Waals surface area contributed by atoms with Crippen LogP contribution in [0.4, 0.5) is 5.95 Å². The molecule has 0 spiro atoms. The second-order valence-corrected chi connectivity index (χ2v) is 11.0. The van der Waals surface area contributed by atoms with E-state index in [9.17, 15) is 29.9 Å². The maximum Gasteiger partial charge on any atom is 0.459 e. The molecular formula is C22H28N9O9P. The molecule has 2 aromatic heterocycles. The molecule has 19 heteroatoms. The topological polar surface area (TPSA) is 262 Å². The SMILES string of the molecule is CC(C)OC(=O)[C@H](C)NP(=O)(OC[C@@]1(N=[N+]=[N-])O[C@@H](n2cnc3c(=O)[nH]c(N)nc32)[C@H](O)[C@@H]1O)Oc1ccccc1. The summed E-state index contributed by atoms with van der Waals surface area (Å²) in [5.74, 6) is -0.918. The van der Waals surface area contributed by atoms with Gasteiger partial charge in [-0.25, -0.2) is 9.55 Å². The fourth-order valence-corrected chi connectivity index (χ4v) is 5.45. The van der Waals surface area contributed by atoms with Crippen molar-refractivity contribution in [2.24, 2.45) is 5.11 Å². The van der Waals surface area contributed by atoms with E-state index in [-0.39, 0.29) is 22.9 Å². The Kier molecular flexibility index (Phi) is 8.65. The number of nitrogen functional groups attached to an aromatic ring is 1. The molecule has 3 aromatic rings. The first-order valence-corrected chi connectivity index (χ1v) is 13.7. The number of hydrogen-bond acceptors (Lipinski definition) is 13. The van der Waals surface area contributed by atoms with Crippen molar-refractivity contribution < 1.29 is 38.1 Å². The molecule has 41 heavy (non-hydrogen) atoms. The molecule has 220 valence electrons. The van der Waals surface area contributed by atoms with Gasteiger partial charge >= 0.3 is 13.7 Å². The second kappa shape index (κ2) is 11.8. The first kappa shape index (κ1) is 30.0. The van der Waals surface area contributed by atoms with Crippen LogP contribution in [0.2, 0.25) is 0 Å². The minimum Gasteiger partial charge on any atom is -0.462 e. The lowest BCUT2D eigenvalue weighted by Gasteiger charge is -2.29. The van der Waals surface area contributed by atoms with Gasteiger partial charge in [-0.3, -0.25) is 23.7 Å². The third kappa shape index (κ3) is 6.34. The van der Waals surface area contributed by atoms with Gasteiger partial charge in [0, 0.05) is 4.91 Å². The summed E-state index contributed by atoms with van der Waals surface area (Å²) in [6.07, 6.45) is -4.61. The first-order chi connectivity index (χ1) is 19.4. The summed E-state index contributed by atoms with van der Waals surface area (Å²) in [6, 6.07) is 6.65. The number of esters is 1. The normalized spacial score (nSPS) is 24.5. The van der Waals surface area contributed by atoms with Crippen LogP contribution >= 0.6 is 7.75 Å². The molecule has 1 aromatic carbocycles. The maximum atomic E-state index is 13.9. The number of nitrogens with two attached hydrogens (primary N) is 1. The van der Waals surface area contributed by atoms with Gasteiger partial charge in [-0.15, -0.1) is 0 Å². The minimum atomic E-state index is -4.49. The standard InChI is InChI=1S/C22H28N9O9P/c1-11(2)38-20(35)12(3)28-41(36,40-13-7-5-4-6-8-13)37-9-22(29-30-24)16(33)15(32)19(39-22)31-10-25-14-17(31)26-21(23)27-18(14)34/h4-8,10-12,15-16,19,32-33H,9H2,1-3H3,(H,28,36)(H3,23,26,27,34)/t12-,15+,16-,19+,22+,41?/m0/s1. The molecule has 0 radical (unpaired) electrons. The number of nitrogens with one attached hydrogen (secondary N) is 2. The summed E-state index contributed by atoms with van der Waals surface area (Å²) < 4.78 is 37.0. The van der Waals surface area contributed by atoms with Gasteiger partial charge < -0.3 is 29.9 Å². The highest BCUT2D eigenvalue weighted by atomic mass is 31.2. The number of azide groups is 1. The highest BCUT2D eigenvalue weighted by Crippen LogP contribution is 2.48. The molecular weight excluding hydrogens is 565 g/mol. The molecule has 0 aliphatic carbocycles. The van der Waals surface area contributed by atoms with E-state index in [4.69, 9.17) is 24.3 Å². The van der Waals surface area contributed by atoms with Gasteiger partial charge in [0.25, 0.3) is 5.56 Å². The molecule has 0 saturated carbocycles. The number of imidazole rings is 1. The van der Waals surface area contributed by atoms with Gasteiger partial charge in [0.15, 0.2) is 17.4 Å². The summed E-state index contributed by atoms with van der Waals surface area (Å²) in [5, 5.41) is 27.8. The number of carbonyl (C=O) groups is 1. The largest absolute Gasteiger partial charge is 0.462 e. The smallest absolute Gasteiger partial charge is 0.459 e. The lowest BCUT2D eigenvalue weighted by Crippen LogP contribution is -2.45. The van der Waals surface area contributed by atoms with Crippen LogP contribution in [0.3, 0.4) is 0 Å². The van der Waals surface area contributed by atoms with E-state index in [1.807, 2.05) is 0 Å². The quantitative estimate of drug-likeness (QED) is 0.0686. The molecule has 0 bridgehead atoms. The molecule has 1 aliphatic rings. The minimum absolute atomic E-state index is 0.0927. The second-order valence-electron chi connectivity index (χ2n) is 9.26. The van der Waals surface area contributed by atoms with Crippen LogP contribution in [-0.2, 0) is 23.4 Å². The van der Waals surface area contributed by atoms with Crippen LogP contribution in [0.25, 0.3) is 21.6 Å². The molecule has 6 N–H and O–H groups in total. The maximum absolute atomic E-state index is 13.9. The highest BCUT2D eigenvalue weighted by Gasteiger charge is 2.56. The number of aliphatic hydroxyl groups is 2. The van der Waals surface area contributed by atoms with Gasteiger partial charge in [0.1, 0.15) is 24.0 Å². The van der Waals surface area contributed by atoms with Crippen LogP contribution in [-0.4, -0.2) is 72.4 Å². The Labute approximate surface area is 231 Å². The Hall–Kier alpha value is -4.02. The average molecular weight is 593 g/mol. The number of hydrogen-bond donors (Lipinski definition) is 5. The van der Waals surface area contributed by atoms with E-state index in [1.54, 1.807) is 32.0 Å². The van der Waals surface area contributed by atoms with Crippen molar-refractivity contribution in [1.82, 2.24) is 24.6 Å². The Morgan fingerprint density at radius 3 is 2.73 bits per heavy atom. The molecule has 4 rings (SSSR count). The van der Waals surface area contributed by atoms with E-state index in [2.05, 4.69) is 30.1 Å². The van der Waals surface area contributed by atoms with Crippen molar-refractivity contribution in [2.75, 3.05) is 12.3 Å². The number of para-hydroxylation sites is 1. The number of anilines is 1. The number of rotatable bonds is 11. The number of carbonyl (C=O) groups excluding carboxylic acids is 1. The Balaban J connectivity index is 1.64. The van der Waals surface area contributed by atoms with Crippen LogP contribution in [0.5, 0.6) is 5.75 Å². The number of nitrogens with zero attached hydrogens (tertiary/aromatic N) is 6. The monoisotopic (exact) mass is 593 g/mol. The number of aromatic amines is 1. The zero-order chi connectivity index (χ0) is 29.9. The Morgan fingerprint density at radius 1 is 1.37 bits per heavy atom. The molecule has 1 fully saturated rings. The summed E-state index contributed by atoms with van der Waals surface area (Å²) in [4.78, 5) is 37.5. The summed E-state index contributed by atoms with van der Waals surface area (Å²) >= 11 is 0. The molecule has 1 unspecified atom stereocenters. The van der Waals surface area contributed by atoms with Crippen molar-refractivity contribution in [2.45, 2.75) is 57.1 Å². The molecule has 3 heterocycles. The number of aliphatic hydroxyl groups excluding tert-OH is 2. The molecule has 1 aliphatic heterocycles. The summed E-state index contributed by atoms with van der Waals surface area (Å²) in [6.45, 7) is 3.70. The highest BCUT2D eigenvalue weighted by molar-refractivity contribution is 7.52. The van der Waals surface area contributed by atoms with Gasteiger partial charge in [0.05, 0.1) is 19.0 Å². The molecule has 1 saturated heterocycles. The van der Waals surface area contributed by atoms with Crippen molar-refractivity contribution in [3.8, 4) is 5.75 Å². The predicted octanol–water partition coefficient (Wildman–Crippen LogP) is 1.09. The van der Waals surface area contributed by atoms with Crippen LogP contribution in [0.15, 0.2) is 46.6 Å². The lowest BCUT2D eigenvalue weighted by molar-refractivity contribution is -0.149. The van der Waals surface area contributed by atoms with Crippen molar-refractivity contribution in [3.05, 3.63) is 57.5 Å². The van der Waals surface area contributed by atoms with Crippen molar-refractivity contribution in [3.63, 3.8) is 0 Å². The number of benzene rings is 1. The summed E-state index contributed by atoms with van der Waals surface area (Å²) in [7, 11) is -4.49. The van der Waals surface area contributed by atoms with Gasteiger partial charge in [-0.1, -0.05) is 23.3 Å². The molecule has 0 amide bonds. The molecule has 18 nitrogen and oxygen atoms in total. The van der Waals surface area contributed by atoms with E-state index in [1.165, 1.54) is 19.1 Å². The third-order valence-electron chi connectivity index (χ3n) is 5.81. The third-order valence-corrected chi connectivity index (χ3v) is 7.43. The van der Waals surface area contributed by atoms with E-state index in [0.29, 0.717) is 0 Å². The molecule has 6 atom stereocenters. The Morgan fingerprint density at radius 2 is 2.07 bits per heavy atom. The van der Waals surface area contributed by atoms with Crippen LogP contribution in [0, 0.1) is 0 Å². The summed E-state index contributed by atoms with van der Waals surface area (Å²) in [5.41, 5.74) is 11.6. The first-order valence-electron chi connectivity index (χ1n) is 12.2. The van der Waals surface area contributed by atoms with Crippen molar-refractivity contribution >= 4 is 30.8 Å². The average Bonchev–Trinajstić information content (AvgIpc) is 3.43. The zero-order valence-electron chi connectivity index (χ0n) is 22.0. The predicted molar refractivity (Wildman–Crippen MR) is 141 cm³/mol. The van der Waals surface area contributed by atoms with Crippen LogP contribution < -0.4 is 20.9 Å². The van der Waals surface area contributed by atoms with Crippen molar-refractivity contribution in [1.29, 1.82) is 0 Å². The van der Waals surface area contributed by atoms with E-state index < -0.39 is 62.2 Å². The fourth-order valence-electron chi connectivity index (χ4n) is 3.94. The number of aromatic nitrogens is 4. The Bertz CT molecular complexity index is 1560. The van der Waals surface area contributed by atoms with E-state index in [0.717, 1.165) is 10.9 Å². The van der Waals surface area contributed by atoms with Gasteiger partial charge in [0.2, 0.25) is 11.7 Å². The zero-order valence-corrected chi connectivity index (χ0v) is 22.9. The van der Waals surface area contributed by atoms with Crippen LogP contribution in [0.1, 0.15) is 27.0 Å². The van der Waals surface area contributed by atoms with Gasteiger partial charge in [-0.05, 0) is 38.4 Å². The lowest BCUT2D eigenvalue weighted by atomic mass is 10.1. The number of fused-ring (bicyclic) bond motifs is 1.